The Kier molecular flexibility index (Phi) is 5.71. The SMILES string of the molecule is CON(C)C(=O)C(Cc1cnco1)NC(=O)OC(C)(C)C. The molecule has 0 aliphatic rings. The summed E-state index contributed by atoms with van der Waals surface area (Å²) in [6.07, 6.45) is 2.19. The van der Waals surface area contributed by atoms with Crippen LogP contribution < -0.4 is 5.32 Å². The molecule has 0 fully saturated rings. The van der Waals surface area contributed by atoms with Crippen molar-refractivity contribution in [2.75, 3.05) is 14.2 Å². The second-order valence-electron chi connectivity index (χ2n) is 5.39. The maximum Gasteiger partial charge on any atom is 0.408 e. The van der Waals surface area contributed by atoms with Crippen molar-refractivity contribution in [3.8, 4) is 0 Å². The Morgan fingerprint density at radius 2 is 2.14 bits per heavy atom. The number of carbonyl (C=O) groups excluding carboxylic acids is 2. The molecule has 1 N–H and O–H groups in total. The van der Waals surface area contributed by atoms with Crippen molar-refractivity contribution < 1.29 is 23.6 Å². The maximum atomic E-state index is 12.2. The number of alkyl carbamates (subject to hydrolysis) is 1. The lowest BCUT2D eigenvalue weighted by molar-refractivity contribution is -0.171. The minimum absolute atomic E-state index is 0.145. The molecule has 0 radical (unpaired) electrons. The average molecular weight is 299 g/mol. The lowest BCUT2D eigenvalue weighted by atomic mass is 10.1. The molecule has 2 amide bonds. The Balaban J connectivity index is 2.76. The number of hydrogen-bond donors (Lipinski definition) is 1. The van der Waals surface area contributed by atoms with E-state index in [9.17, 15) is 9.59 Å². The van der Waals surface area contributed by atoms with Crippen molar-refractivity contribution in [3.63, 3.8) is 0 Å². The van der Waals surface area contributed by atoms with Crippen molar-refractivity contribution in [3.05, 3.63) is 18.4 Å². The molecule has 0 aliphatic heterocycles. The van der Waals surface area contributed by atoms with E-state index in [4.69, 9.17) is 14.0 Å². The first-order valence-corrected chi connectivity index (χ1v) is 6.41. The fourth-order valence-electron chi connectivity index (χ4n) is 1.50. The van der Waals surface area contributed by atoms with Gasteiger partial charge in [0.2, 0.25) is 0 Å². The molecule has 118 valence electrons. The quantitative estimate of drug-likeness (QED) is 0.819. The van der Waals surface area contributed by atoms with Crippen LogP contribution >= 0.6 is 0 Å². The smallest absolute Gasteiger partial charge is 0.408 e. The highest BCUT2D eigenvalue weighted by Gasteiger charge is 2.28. The molecule has 1 rings (SSSR count). The molecule has 0 aliphatic carbocycles. The van der Waals surface area contributed by atoms with E-state index in [1.165, 1.54) is 26.7 Å². The molecule has 0 saturated heterocycles. The molecular weight excluding hydrogens is 278 g/mol. The summed E-state index contributed by atoms with van der Waals surface area (Å²) in [4.78, 5) is 32.6. The summed E-state index contributed by atoms with van der Waals surface area (Å²) in [7, 11) is 2.81. The molecule has 1 heterocycles. The van der Waals surface area contributed by atoms with E-state index in [1.807, 2.05) is 0 Å². The van der Waals surface area contributed by atoms with Crippen molar-refractivity contribution in [2.24, 2.45) is 0 Å². The van der Waals surface area contributed by atoms with Gasteiger partial charge in [0.1, 0.15) is 17.4 Å². The van der Waals surface area contributed by atoms with Crippen LogP contribution in [0.3, 0.4) is 0 Å². The first kappa shape index (κ1) is 17.0. The summed E-state index contributed by atoms with van der Waals surface area (Å²) in [6.45, 7) is 5.21. The number of nitrogens with one attached hydrogen (secondary N) is 1. The van der Waals surface area contributed by atoms with E-state index in [0.717, 1.165) is 5.06 Å². The van der Waals surface area contributed by atoms with E-state index in [0.29, 0.717) is 5.76 Å². The molecule has 8 nitrogen and oxygen atoms in total. The standard InChI is InChI=1S/C13H21N3O5/c1-13(2,3)21-12(18)15-10(11(17)16(4)19-5)6-9-7-14-8-20-9/h7-8,10H,6H2,1-5H3,(H,15,18). The number of aromatic nitrogens is 1. The number of rotatable bonds is 5. The first-order chi connectivity index (χ1) is 9.73. The van der Waals surface area contributed by atoms with E-state index >= 15 is 0 Å². The normalized spacial score (nSPS) is 12.6. The van der Waals surface area contributed by atoms with E-state index in [1.54, 1.807) is 20.8 Å². The van der Waals surface area contributed by atoms with Gasteiger partial charge in [-0.1, -0.05) is 0 Å². The zero-order valence-corrected chi connectivity index (χ0v) is 12.9. The molecule has 0 bridgehead atoms. The van der Waals surface area contributed by atoms with Crippen LogP contribution in [0.5, 0.6) is 0 Å². The number of hydrogen-bond acceptors (Lipinski definition) is 6. The maximum absolute atomic E-state index is 12.2. The minimum Gasteiger partial charge on any atom is -0.448 e. The van der Waals surface area contributed by atoms with Gasteiger partial charge in [-0.3, -0.25) is 9.63 Å². The number of hydroxylamine groups is 2. The van der Waals surface area contributed by atoms with Gasteiger partial charge in [-0.25, -0.2) is 14.8 Å². The van der Waals surface area contributed by atoms with Crippen molar-refractivity contribution in [2.45, 2.75) is 38.8 Å². The molecule has 0 spiro atoms. The van der Waals surface area contributed by atoms with Gasteiger partial charge < -0.3 is 14.5 Å². The largest absolute Gasteiger partial charge is 0.448 e. The van der Waals surface area contributed by atoms with Crippen molar-refractivity contribution >= 4 is 12.0 Å². The third-order valence-corrected chi connectivity index (χ3v) is 2.46. The van der Waals surface area contributed by atoms with Gasteiger partial charge in [-0.05, 0) is 20.8 Å². The summed E-state index contributed by atoms with van der Waals surface area (Å²) in [5, 5.41) is 3.53. The topological polar surface area (TPSA) is 93.9 Å². The molecule has 21 heavy (non-hydrogen) atoms. The van der Waals surface area contributed by atoms with Gasteiger partial charge >= 0.3 is 6.09 Å². The number of amides is 2. The summed E-state index contributed by atoms with van der Waals surface area (Å²) < 4.78 is 10.2. The highest BCUT2D eigenvalue weighted by molar-refractivity contribution is 5.85. The van der Waals surface area contributed by atoms with Gasteiger partial charge in [0.15, 0.2) is 6.39 Å². The van der Waals surface area contributed by atoms with Crippen LogP contribution in [0, 0.1) is 0 Å². The van der Waals surface area contributed by atoms with Gasteiger partial charge in [0, 0.05) is 13.5 Å². The summed E-state index contributed by atoms with van der Waals surface area (Å²) in [5.41, 5.74) is -0.656. The Morgan fingerprint density at radius 1 is 1.48 bits per heavy atom. The zero-order valence-electron chi connectivity index (χ0n) is 12.9. The molecule has 1 aromatic heterocycles. The highest BCUT2D eigenvalue weighted by Crippen LogP contribution is 2.09. The minimum atomic E-state index is -0.877. The Bertz CT molecular complexity index is 467. The van der Waals surface area contributed by atoms with Crippen molar-refractivity contribution in [1.29, 1.82) is 0 Å². The third kappa shape index (κ3) is 5.82. The van der Waals surface area contributed by atoms with Crippen molar-refractivity contribution in [1.82, 2.24) is 15.4 Å². The zero-order chi connectivity index (χ0) is 16.0. The number of nitrogens with zero attached hydrogens (tertiary/aromatic N) is 2. The number of ether oxygens (including phenoxy) is 1. The highest BCUT2D eigenvalue weighted by atomic mass is 16.7. The van der Waals surface area contributed by atoms with E-state index in [2.05, 4.69) is 10.3 Å². The van der Waals surface area contributed by atoms with Crippen LogP contribution in [0.2, 0.25) is 0 Å². The number of carbonyl (C=O) groups is 2. The predicted octanol–water partition coefficient (Wildman–Crippen LogP) is 1.13. The molecule has 0 saturated carbocycles. The number of oxazole rings is 1. The summed E-state index contributed by atoms with van der Waals surface area (Å²) >= 11 is 0. The fourth-order valence-corrected chi connectivity index (χ4v) is 1.50. The van der Waals surface area contributed by atoms with Gasteiger partial charge in [0.25, 0.3) is 5.91 Å². The fraction of sp³-hybridized carbons (Fsp3) is 0.615. The van der Waals surface area contributed by atoms with E-state index in [-0.39, 0.29) is 6.42 Å². The third-order valence-electron chi connectivity index (χ3n) is 2.46. The lowest BCUT2D eigenvalue weighted by Gasteiger charge is -2.24. The van der Waals surface area contributed by atoms with Crippen LogP contribution in [0.15, 0.2) is 17.0 Å². The van der Waals surface area contributed by atoms with Crippen LogP contribution in [-0.4, -0.2) is 47.8 Å². The molecule has 1 atom stereocenters. The average Bonchev–Trinajstić information content (AvgIpc) is 2.86. The molecule has 1 unspecified atom stereocenters. The van der Waals surface area contributed by atoms with Crippen LogP contribution in [0.4, 0.5) is 4.79 Å². The predicted molar refractivity (Wildman–Crippen MR) is 73.1 cm³/mol. The Labute approximate surface area is 123 Å². The van der Waals surface area contributed by atoms with Crippen LogP contribution in [0.1, 0.15) is 26.5 Å². The molecule has 8 heteroatoms. The summed E-state index contributed by atoms with van der Waals surface area (Å²) in [6, 6.07) is -0.877. The van der Waals surface area contributed by atoms with Gasteiger partial charge in [-0.15, -0.1) is 0 Å². The number of likely N-dealkylation sites (N-methyl/N-ethyl adjacent to an activating group) is 1. The molecular formula is C13H21N3O5. The summed E-state index contributed by atoms with van der Waals surface area (Å²) in [5.74, 6) is 0.0358. The molecule has 1 aromatic rings. The van der Waals surface area contributed by atoms with Crippen LogP contribution in [0.25, 0.3) is 0 Å². The Morgan fingerprint density at radius 3 is 2.62 bits per heavy atom. The van der Waals surface area contributed by atoms with E-state index < -0.39 is 23.6 Å². The lowest BCUT2D eigenvalue weighted by Crippen LogP contribution is -2.49. The van der Waals surface area contributed by atoms with Crippen LogP contribution in [-0.2, 0) is 20.8 Å². The molecule has 0 aromatic carbocycles. The second-order valence-corrected chi connectivity index (χ2v) is 5.39. The monoisotopic (exact) mass is 299 g/mol. The first-order valence-electron chi connectivity index (χ1n) is 6.41. The van der Waals surface area contributed by atoms with Gasteiger partial charge in [-0.2, -0.15) is 0 Å². The van der Waals surface area contributed by atoms with Gasteiger partial charge in [0.05, 0.1) is 13.3 Å². The Hall–Kier alpha value is -2.09. The second kappa shape index (κ2) is 7.07.